The van der Waals surface area contributed by atoms with Crippen molar-refractivity contribution >= 4 is 0 Å². The van der Waals surface area contributed by atoms with Gasteiger partial charge in [-0.25, -0.2) is 0 Å². The van der Waals surface area contributed by atoms with Crippen LogP contribution in [0, 0.1) is 5.92 Å². The molecule has 2 rings (SSSR count). The Hall–Kier alpha value is -1.02. The summed E-state index contributed by atoms with van der Waals surface area (Å²) in [5.41, 5.74) is 7.08. The van der Waals surface area contributed by atoms with E-state index in [1.54, 1.807) is 0 Å². The van der Waals surface area contributed by atoms with Crippen LogP contribution in [0.3, 0.4) is 0 Å². The molecule has 1 atom stereocenters. The summed E-state index contributed by atoms with van der Waals surface area (Å²) in [7, 11) is 0. The first-order valence-corrected chi connectivity index (χ1v) is 8.26. The van der Waals surface area contributed by atoms with Crippen molar-refractivity contribution in [2.75, 3.05) is 13.2 Å². The molecule has 20 heavy (non-hydrogen) atoms. The van der Waals surface area contributed by atoms with E-state index in [0.717, 1.165) is 37.7 Å². The van der Waals surface area contributed by atoms with Crippen LogP contribution in [0.4, 0.5) is 0 Å². The molecule has 112 valence electrons. The van der Waals surface area contributed by atoms with E-state index in [1.807, 2.05) is 0 Å². The molecule has 1 unspecified atom stereocenters. The lowest BCUT2D eigenvalue weighted by atomic mass is 9.90. The highest BCUT2D eigenvalue weighted by Gasteiger charge is 2.14. The van der Waals surface area contributed by atoms with E-state index in [0.29, 0.717) is 5.92 Å². The molecule has 2 nitrogen and oxygen atoms in total. The van der Waals surface area contributed by atoms with Crippen molar-refractivity contribution in [1.29, 1.82) is 0 Å². The van der Waals surface area contributed by atoms with E-state index >= 15 is 0 Å². The molecule has 0 spiro atoms. The lowest BCUT2D eigenvalue weighted by Crippen LogP contribution is -2.15. The minimum Gasteiger partial charge on any atom is -0.493 e. The van der Waals surface area contributed by atoms with Gasteiger partial charge in [0.05, 0.1) is 6.61 Å². The predicted molar refractivity (Wildman–Crippen MR) is 85.2 cm³/mol. The highest BCUT2D eigenvalue weighted by Crippen LogP contribution is 2.28. The first-order valence-electron chi connectivity index (χ1n) is 8.26. The van der Waals surface area contributed by atoms with Gasteiger partial charge in [-0.1, -0.05) is 38.3 Å². The summed E-state index contributed by atoms with van der Waals surface area (Å²) in [4.78, 5) is 0. The molecule has 0 aliphatic heterocycles. The largest absolute Gasteiger partial charge is 0.493 e. The third kappa shape index (κ3) is 4.52. The molecule has 0 amide bonds. The second kappa shape index (κ2) is 8.31. The fraction of sp³-hybridized carbons (Fsp3) is 0.667. The maximum Gasteiger partial charge on any atom is 0.119 e. The Labute approximate surface area is 123 Å². The standard InChI is InChI=1S/C18H29NO/c1-2-16(11-12-19)17-9-6-10-18(13-17)20-14-15-7-4-3-5-8-15/h6,9-10,13,15-16H,2-5,7-8,11-12,14,19H2,1H3. The van der Waals surface area contributed by atoms with Crippen molar-refractivity contribution in [3.05, 3.63) is 29.8 Å². The van der Waals surface area contributed by atoms with Crippen LogP contribution in [0.5, 0.6) is 5.75 Å². The van der Waals surface area contributed by atoms with Crippen LogP contribution in [0.15, 0.2) is 24.3 Å². The number of hydrogen-bond donors (Lipinski definition) is 1. The Morgan fingerprint density at radius 2 is 2.05 bits per heavy atom. The van der Waals surface area contributed by atoms with Gasteiger partial charge in [0.2, 0.25) is 0 Å². The first kappa shape index (κ1) is 15.4. The molecule has 1 aromatic carbocycles. The second-order valence-electron chi connectivity index (χ2n) is 6.07. The Morgan fingerprint density at radius 1 is 1.25 bits per heavy atom. The van der Waals surface area contributed by atoms with E-state index in [9.17, 15) is 0 Å². The summed E-state index contributed by atoms with van der Waals surface area (Å²) < 4.78 is 6.03. The minimum atomic E-state index is 0.568. The molecular weight excluding hydrogens is 246 g/mol. The van der Waals surface area contributed by atoms with E-state index in [1.165, 1.54) is 37.7 Å². The molecule has 0 aromatic heterocycles. The van der Waals surface area contributed by atoms with Crippen LogP contribution in [-0.4, -0.2) is 13.2 Å². The molecule has 1 aliphatic rings. The van der Waals surface area contributed by atoms with Gasteiger partial charge in [0.15, 0.2) is 0 Å². The van der Waals surface area contributed by atoms with Crippen LogP contribution in [0.25, 0.3) is 0 Å². The minimum absolute atomic E-state index is 0.568. The normalized spacial score (nSPS) is 17.9. The molecule has 0 bridgehead atoms. The van der Waals surface area contributed by atoms with Crippen molar-refractivity contribution in [3.63, 3.8) is 0 Å². The second-order valence-corrected chi connectivity index (χ2v) is 6.07. The number of rotatable bonds is 7. The zero-order chi connectivity index (χ0) is 14.2. The number of ether oxygens (including phenoxy) is 1. The predicted octanol–water partition coefficient (Wildman–Crippen LogP) is 4.49. The van der Waals surface area contributed by atoms with Crippen molar-refractivity contribution in [3.8, 4) is 5.75 Å². The van der Waals surface area contributed by atoms with Gasteiger partial charge >= 0.3 is 0 Å². The van der Waals surface area contributed by atoms with Crippen molar-refractivity contribution < 1.29 is 4.74 Å². The Balaban J connectivity index is 1.91. The topological polar surface area (TPSA) is 35.2 Å². The van der Waals surface area contributed by atoms with Crippen LogP contribution in [-0.2, 0) is 0 Å². The smallest absolute Gasteiger partial charge is 0.119 e. The molecule has 2 N–H and O–H groups in total. The summed E-state index contributed by atoms with van der Waals surface area (Å²) in [6.45, 7) is 3.87. The van der Waals surface area contributed by atoms with Gasteiger partial charge < -0.3 is 10.5 Å². The summed E-state index contributed by atoms with van der Waals surface area (Å²) in [6, 6.07) is 8.62. The zero-order valence-corrected chi connectivity index (χ0v) is 12.8. The highest BCUT2D eigenvalue weighted by molar-refractivity contribution is 5.30. The lowest BCUT2D eigenvalue weighted by molar-refractivity contribution is 0.208. The maximum absolute atomic E-state index is 6.03. The Bertz CT molecular complexity index is 385. The molecule has 1 fully saturated rings. The fourth-order valence-corrected chi connectivity index (χ4v) is 3.23. The molecule has 1 aliphatic carbocycles. The van der Waals surface area contributed by atoms with Gasteiger partial charge in [0.25, 0.3) is 0 Å². The van der Waals surface area contributed by atoms with E-state index in [2.05, 4.69) is 31.2 Å². The van der Waals surface area contributed by atoms with Crippen LogP contribution in [0.2, 0.25) is 0 Å². The number of nitrogens with two attached hydrogens (primary N) is 1. The molecular formula is C18H29NO. The van der Waals surface area contributed by atoms with Gasteiger partial charge in [0.1, 0.15) is 5.75 Å². The summed E-state index contributed by atoms with van der Waals surface area (Å²) in [5, 5.41) is 0. The summed E-state index contributed by atoms with van der Waals surface area (Å²) >= 11 is 0. The van der Waals surface area contributed by atoms with Crippen molar-refractivity contribution in [1.82, 2.24) is 0 Å². The number of hydrogen-bond acceptors (Lipinski definition) is 2. The molecule has 1 aromatic rings. The van der Waals surface area contributed by atoms with Gasteiger partial charge in [-0.15, -0.1) is 0 Å². The highest BCUT2D eigenvalue weighted by atomic mass is 16.5. The average molecular weight is 275 g/mol. The molecule has 0 saturated heterocycles. The van der Waals surface area contributed by atoms with Gasteiger partial charge in [0, 0.05) is 0 Å². The Kier molecular flexibility index (Phi) is 6.38. The summed E-state index contributed by atoms with van der Waals surface area (Å²) in [6.07, 6.45) is 9.04. The quantitative estimate of drug-likeness (QED) is 0.796. The fourth-order valence-electron chi connectivity index (χ4n) is 3.23. The van der Waals surface area contributed by atoms with Crippen LogP contribution in [0.1, 0.15) is 63.4 Å². The lowest BCUT2D eigenvalue weighted by Gasteiger charge is -2.22. The molecule has 2 heteroatoms. The molecule has 1 saturated carbocycles. The van der Waals surface area contributed by atoms with Crippen molar-refractivity contribution in [2.45, 2.75) is 57.8 Å². The van der Waals surface area contributed by atoms with Crippen LogP contribution < -0.4 is 10.5 Å². The third-order valence-electron chi connectivity index (χ3n) is 4.55. The SMILES string of the molecule is CCC(CCN)c1cccc(OCC2CCCCC2)c1. The van der Waals surface area contributed by atoms with Crippen LogP contribution >= 0.6 is 0 Å². The van der Waals surface area contributed by atoms with Gasteiger partial charge in [-0.2, -0.15) is 0 Å². The third-order valence-corrected chi connectivity index (χ3v) is 4.55. The monoisotopic (exact) mass is 275 g/mol. The Morgan fingerprint density at radius 3 is 2.75 bits per heavy atom. The van der Waals surface area contributed by atoms with E-state index in [-0.39, 0.29) is 0 Å². The summed E-state index contributed by atoms with van der Waals surface area (Å²) in [5.74, 6) is 2.36. The first-order chi connectivity index (χ1) is 9.83. The zero-order valence-electron chi connectivity index (χ0n) is 12.8. The van der Waals surface area contributed by atoms with E-state index in [4.69, 9.17) is 10.5 Å². The molecule has 0 heterocycles. The van der Waals surface area contributed by atoms with Gasteiger partial charge in [-0.05, 0) is 61.8 Å². The average Bonchev–Trinajstić information content (AvgIpc) is 2.52. The number of benzene rings is 1. The van der Waals surface area contributed by atoms with Crippen molar-refractivity contribution in [2.24, 2.45) is 11.7 Å². The van der Waals surface area contributed by atoms with E-state index < -0.39 is 0 Å². The molecule has 0 radical (unpaired) electrons. The van der Waals surface area contributed by atoms with Gasteiger partial charge in [-0.3, -0.25) is 0 Å². The maximum atomic E-state index is 6.03.